The van der Waals surface area contributed by atoms with E-state index in [0.717, 1.165) is 23.1 Å². The number of aromatic nitrogens is 7. The van der Waals surface area contributed by atoms with Crippen molar-refractivity contribution in [2.45, 2.75) is 6.18 Å². The number of halogens is 4. The van der Waals surface area contributed by atoms with Gasteiger partial charge in [0.1, 0.15) is 11.6 Å². The molecule has 4 heterocycles. The minimum Gasteiger partial charge on any atom is -0.390 e. The van der Waals surface area contributed by atoms with Crippen LogP contribution in [0.15, 0.2) is 43.0 Å². The Labute approximate surface area is 202 Å². The zero-order valence-corrected chi connectivity index (χ0v) is 18.2. The van der Waals surface area contributed by atoms with Gasteiger partial charge in [0.05, 0.1) is 41.1 Å². The predicted octanol–water partition coefficient (Wildman–Crippen LogP) is 2.50. The molecule has 0 spiro atoms. The molecule has 0 saturated heterocycles. The summed E-state index contributed by atoms with van der Waals surface area (Å²) < 4.78 is 46.8. The Hall–Kier alpha value is -5.04. The van der Waals surface area contributed by atoms with Crippen LogP contribution >= 0.6 is 11.6 Å². The average molecular weight is 519 g/mol. The van der Waals surface area contributed by atoms with Crippen LogP contribution in [0.2, 0.25) is 5.02 Å². The molecular formula is C19H10ClF3N10O3. The number of carbonyl (C=O) groups excluding carboxylic acids is 2. The van der Waals surface area contributed by atoms with Crippen LogP contribution in [-0.2, 0) is 6.18 Å². The van der Waals surface area contributed by atoms with Crippen LogP contribution in [-0.4, -0.2) is 46.7 Å². The number of rotatable bonds is 5. The van der Waals surface area contributed by atoms with Gasteiger partial charge in [0, 0.05) is 0 Å². The van der Waals surface area contributed by atoms with Gasteiger partial charge in [0.15, 0.2) is 17.3 Å². The number of alkyl halides is 3. The Morgan fingerprint density at radius 2 is 1.89 bits per heavy atom. The smallest absolute Gasteiger partial charge is 0.390 e. The van der Waals surface area contributed by atoms with E-state index in [4.69, 9.17) is 22.6 Å². The highest BCUT2D eigenvalue weighted by Crippen LogP contribution is 2.34. The van der Waals surface area contributed by atoms with Crippen LogP contribution in [0.4, 0.5) is 23.7 Å². The van der Waals surface area contributed by atoms with Gasteiger partial charge in [0.2, 0.25) is 5.88 Å². The van der Waals surface area contributed by atoms with Gasteiger partial charge in [-0.1, -0.05) is 11.6 Å². The fraction of sp³-hybridized carbons (Fsp3) is 0.0526. The average Bonchev–Trinajstić information content (AvgIpc) is 3.49. The summed E-state index contributed by atoms with van der Waals surface area (Å²) in [6.45, 7) is 0. The number of nitrogens with two attached hydrogens (primary N) is 1. The standard InChI is InChI=1S/C19H10ClF3N10O3/c20-12-5-10(7-26-15(12)33-27-3-4-28-33)30-16(34)11-8-29-32(14(11)19(21,22)23)13-2-1-9(6-24)17(31-13)36-18(25)35/h1-5,7-8H,(H2,25,35)(H,30,34). The van der Waals surface area contributed by atoms with Crippen LogP contribution in [0.1, 0.15) is 21.6 Å². The molecule has 182 valence electrons. The van der Waals surface area contributed by atoms with Gasteiger partial charge in [-0.3, -0.25) is 4.79 Å². The molecule has 4 aromatic heterocycles. The van der Waals surface area contributed by atoms with Crippen molar-refractivity contribution >= 4 is 29.3 Å². The van der Waals surface area contributed by atoms with Crippen LogP contribution in [0, 0.1) is 11.3 Å². The van der Waals surface area contributed by atoms with E-state index in [0.29, 0.717) is 10.9 Å². The third-order valence-corrected chi connectivity index (χ3v) is 4.63. The fourth-order valence-corrected chi connectivity index (χ4v) is 3.18. The van der Waals surface area contributed by atoms with E-state index in [9.17, 15) is 22.8 Å². The van der Waals surface area contributed by atoms with E-state index in [1.807, 2.05) is 0 Å². The van der Waals surface area contributed by atoms with Crippen LogP contribution in [0.25, 0.3) is 11.6 Å². The molecule has 0 atom stereocenters. The molecule has 4 rings (SSSR count). The molecule has 0 aliphatic rings. The second-order valence-electron chi connectivity index (χ2n) is 6.67. The van der Waals surface area contributed by atoms with Gasteiger partial charge in [-0.15, -0.1) is 4.80 Å². The number of hydrogen-bond donors (Lipinski definition) is 2. The summed E-state index contributed by atoms with van der Waals surface area (Å²) >= 11 is 6.13. The molecule has 36 heavy (non-hydrogen) atoms. The third kappa shape index (κ3) is 4.76. The molecule has 3 N–H and O–H groups in total. The molecule has 2 amide bonds. The Bertz CT molecular complexity index is 1510. The van der Waals surface area contributed by atoms with E-state index in [2.05, 4.69) is 35.3 Å². The second-order valence-corrected chi connectivity index (χ2v) is 7.08. The van der Waals surface area contributed by atoms with Gasteiger partial charge < -0.3 is 15.8 Å². The van der Waals surface area contributed by atoms with Gasteiger partial charge in [-0.05, 0) is 18.2 Å². The molecule has 0 aliphatic heterocycles. The number of carbonyl (C=O) groups is 2. The minimum atomic E-state index is -5.07. The summed E-state index contributed by atoms with van der Waals surface area (Å²) in [6.07, 6.45) is -1.82. The summed E-state index contributed by atoms with van der Waals surface area (Å²) in [4.78, 5) is 32.6. The van der Waals surface area contributed by atoms with Crippen molar-refractivity contribution in [2.75, 3.05) is 5.32 Å². The lowest BCUT2D eigenvalue weighted by Crippen LogP contribution is -2.22. The lowest BCUT2D eigenvalue weighted by molar-refractivity contribution is -0.143. The zero-order chi connectivity index (χ0) is 26.0. The number of nitrogens with zero attached hydrogens (tertiary/aromatic N) is 8. The molecule has 0 saturated carbocycles. The van der Waals surface area contributed by atoms with E-state index < -0.39 is 41.1 Å². The van der Waals surface area contributed by atoms with E-state index in [1.165, 1.54) is 18.5 Å². The number of hydrogen-bond acceptors (Lipinski definition) is 9. The quantitative estimate of drug-likeness (QED) is 0.401. The third-order valence-electron chi connectivity index (χ3n) is 4.35. The molecule has 0 aliphatic carbocycles. The normalized spacial score (nSPS) is 11.1. The molecule has 0 radical (unpaired) electrons. The first-order valence-electron chi connectivity index (χ1n) is 9.46. The Kier molecular flexibility index (Phi) is 6.23. The summed E-state index contributed by atoms with van der Waals surface area (Å²) in [7, 11) is 0. The van der Waals surface area contributed by atoms with Crippen LogP contribution in [0.3, 0.4) is 0 Å². The summed E-state index contributed by atoms with van der Waals surface area (Å²) in [6, 6.07) is 4.97. The first kappa shape index (κ1) is 24.1. The van der Waals surface area contributed by atoms with Crippen LogP contribution < -0.4 is 15.8 Å². The molecule has 4 aromatic rings. The monoisotopic (exact) mass is 518 g/mol. The number of amides is 2. The first-order chi connectivity index (χ1) is 17.1. The largest absolute Gasteiger partial charge is 0.434 e. The van der Waals surface area contributed by atoms with Crippen molar-refractivity contribution in [1.29, 1.82) is 5.26 Å². The number of nitriles is 1. The predicted molar refractivity (Wildman–Crippen MR) is 113 cm³/mol. The SMILES string of the molecule is N#Cc1ccc(-n2ncc(C(=O)Nc3cnc(-n4nccn4)c(Cl)c3)c2C(F)(F)F)nc1OC(N)=O. The Morgan fingerprint density at radius 3 is 2.50 bits per heavy atom. The lowest BCUT2D eigenvalue weighted by Gasteiger charge is -2.13. The molecule has 0 bridgehead atoms. The van der Waals surface area contributed by atoms with Gasteiger partial charge in [0.25, 0.3) is 5.91 Å². The second kappa shape index (κ2) is 9.31. The van der Waals surface area contributed by atoms with E-state index >= 15 is 0 Å². The number of anilines is 1. The molecule has 0 unspecified atom stereocenters. The fourth-order valence-electron chi connectivity index (χ4n) is 2.94. The number of primary amides is 1. The zero-order valence-electron chi connectivity index (χ0n) is 17.4. The van der Waals surface area contributed by atoms with Crippen molar-refractivity contribution in [3.63, 3.8) is 0 Å². The van der Waals surface area contributed by atoms with Crippen molar-refractivity contribution in [2.24, 2.45) is 5.73 Å². The number of nitrogens with one attached hydrogen (secondary N) is 1. The molecule has 0 aromatic carbocycles. The summed E-state index contributed by atoms with van der Waals surface area (Å²) in [5, 5.41) is 22.7. The summed E-state index contributed by atoms with van der Waals surface area (Å²) in [5.74, 6) is -2.19. The van der Waals surface area contributed by atoms with Gasteiger partial charge in [-0.2, -0.15) is 38.7 Å². The lowest BCUT2D eigenvalue weighted by atomic mass is 10.2. The van der Waals surface area contributed by atoms with E-state index in [1.54, 1.807) is 6.07 Å². The van der Waals surface area contributed by atoms with Crippen molar-refractivity contribution in [3.8, 4) is 23.6 Å². The number of ether oxygens (including phenoxy) is 1. The molecule has 13 nitrogen and oxygen atoms in total. The molecular weight excluding hydrogens is 509 g/mol. The maximum absolute atomic E-state index is 14.0. The van der Waals surface area contributed by atoms with Crippen molar-refractivity contribution in [1.82, 2.24) is 34.7 Å². The topological polar surface area (TPSA) is 180 Å². The highest BCUT2D eigenvalue weighted by molar-refractivity contribution is 6.32. The Balaban J connectivity index is 1.70. The summed E-state index contributed by atoms with van der Waals surface area (Å²) in [5.41, 5.74) is 2.28. The van der Waals surface area contributed by atoms with Gasteiger partial charge in [-0.25, -0.2) is 14.5 Å². The highest BCUT2D eigenvalue weighted by Gasteiger charge is 2.41. The molecule has 0 fully saturated rings. The highest BCUT2D eigenvalue weighted by atomic mass is 35.5. The van der Waals surface area contributed by atoms with Crippen LogP contribution in [0.5, 0.6) is 5.88 Å². The minimum absolute atomic E-state index is 0.0134. The van der Waals surface area contributed by atoms with Gasteiger partial charge >= 0.3 is 12.3 Å². The molecule has 17 heteroatoms. The van der Waals surface area contributed by atoms with E-state index in [-0.39, 0.29) is 22.1 Å². The Morgan fingerprint density at radius 1 is 1.17 bits per heavy atom. The van der Waals surface area contributed by atoms with Crippen molar-refractivity contribution in [3.05, 3.63) is 64.8 Å². The number of pyridine rings is 2. The maximum atomic E-state index is 14.0. The first-order valence-corrected chi connectivity index (χ1v) is 9.84. The maximum Gasteiger partial charge on any atom is 0.434 e. The van der Waals surface area contributed by atoms with Crippen molar-refractivity contribution < 1.29 is 27.5 Å².